The van der Waals surface area contributed by atoms with Crippen LogP contribution in [0.25, 0.3) is 0 Å². The number of carbonyl (C=O) groups is 1. The molecule has 0 bridgehead atoms. The van der Waals surface area contributed by atoms with Crippen molar-refractivity contribution in [2.75, 3.05) is 0 Å². The minimum absolute atomic E-state index is 0.0810. The SMILES string of the molecule is C=O.CCc1c(C)cccc1F. The highest BCUT2D eigenvalue weighted by atomic mass is 19.1. The maximum absolute atomic E-state index is 12.9. The van der Waals surface area contributed by atoms with Gasteiger partial charge in [-0.25, -0.2) is 4.39 Å². The summed E-state index contributed by atoms with van der Waals surface area (Å²) in [4.78, 5) is 8.00. The molecule has 66 valence electrons. The molecule has 1 aromatic carbocycles. The first-order valence-electron chi connectivity index (χ1n) is 3.78. The van der Waals surface area contributed by atoms with E-state index < -0.39 is 0 Å². The van der Waals surface area contributed by atoms with Crippen molar-refractivity contribution in [3.8, 4) is 0 Å². The Hall–Kier alpha value is -1.18. The predicted octanol–water partition coefficient (Wildman–Crippen LogP) is 2.51. The van der Waals surface area contributed by atoms with Gasteiger partial charge in [-0.3, -0.25) is 0 Å². The lowest BCUT2D eigenvalue weighted by Crippen LogP contribution is -1.90. The summed E-state index contributed by atoms with van der Waals surface area (Å²) in [6.45, 7) is 5.90. The first kappa shape index (κ1) is 10.8. The van der Waals surface area contributed by atoms with Gasteiger partial charge >= 0.3 is 0 Å². The Morgan fingerprint density at radius 3 is 2.33 bits per heavy atom. The fourth-order valence-electron chi connectivity index (χ4n) is 1.11. The van der Waals surface area contributed by atoms with Crippen LogP contribution < -0.4 is 0 Å². The molecule has 0 amide bonds. The minimum atomic E-state index is -0.0810. The lowest BCUT2D eigenvalue weighted by atomic mass is 10.1. The van der Waals surface area contributed by atoms with E-state index in [0.29, 0.717) is 0 Å². The number of hydrogen-bond acceptors (Lipinski definition) is 1. The van der Waals surface area contributed by atoms with Gasteiger partial charge in [-0.2, -0.15) is 0 Å². The molecule has 0 aliphatic rings. The summed E-state index contributed by atoms with van der Waals surface area (Å²) in [7, 11) is 0. The molecule has 0 N–H and O–H groups in total. The van der Waals surface area contributed by atoms with Crippen LogP contribution in [0.5, 0.6) is 0 Å². The Kier molecular flexibility index (Phi) is 4.93. The zero-order chi connectivity index (χ0) is 9.56. The maximum atomic E-state index is 12.9. The molecule has 1 rings (SSSR count). The van der Waals surface area contributed by atoms with Gasteiger partial charge in [0.25, 0.3) is 0 Å². The van der Waals surface area contributed by atoms with E-state index in [1.165, 1.54) is 6.07 Å². The van der Waals surface area contributed by atoms with Crippen LogP contribution in [-0.2, 0) is 11.2 Å². The summed E-state index contributed by atoms with van der Waals surface area (Å²) < 4.78 is 12.9. The van der Waals surface area contributed by atoms with Gasteiger partial charge in [0.15, 0.2) is 0 Å². The van der Waals surface area contributed by atoms with E-state index >= 15 is 0 Å². The second kappa shape index (κ2) is 5.47. The van der Waals surface area contributed by atoms with Gasteiger partial charge in [-0.15, -0.1) is 0 Å². The van der Waals surface area contributed by atoms with E-state index in [1.807, 2.05) is 26.7 Å². The summed E-state index contributed by atoms with van der Waals surface area (Å²) in [6.07, 6.45) is 0.776. The lowest BCUT2D eigenvalue weighted by molar-refractivity contribution is -0.0979. The van der Waals surface area contributed by atoms with Crippen molar-refractivity contribution in [3.05, 3.63) is 35.1 Å². The molecular weight excluding hydrogens is 155 g/mol. The first-order chi connectivity index (χ1) is 5.75. The van der Waals surface area contributed by atoms with E-state index in [0.717, 1.165) is 17.5 Å². The van der Waals surface area contributed by atoms with Crippen molar-refractivity contribution in [1.82, 2.24) is 0 Å². The largest absolute Gasteiger partial charge is 0.307 e. The highest BCUT2D eigenvalue weighted by molar-refractivity contribution is 5.26. The number of aryl methyl sites for hydroxylation is 1. The molecule has 2 heteroatoms. The van der Waals surface area contributed by atoms with Gasteiger partial charge in [0, 0.05) is 0 Å². The quantitative estimate of drug-likeness (QED) is 0.629. The second-order valence-corrected chi connectivity index (χ2v) is 2.39. The Morgan fingerprint density at radius 1 is 1.42 bits per heavy atom. The van der Waals surface area contributed by atoms with Crippen molar-refractivity contribution in [2.24, 2.45) is 0 Å². The lowest BCUT2D eigenvalue weighted by Gasteiger charge is -2.01. The van der Waals surface area contributed by atoms with Crippen LogP contribution in [0.3, 0.4) is 0 Å². The Bertz CT molecular complexity index is 225. The van der Waals surface area contributed by atoms with Crippen molar-refractivity contribution in [3.63, 3.8) is 0 Å². The highest BCUT2D eigenvalue weighted by Gasteiger charge is 2.00. The zero-order valence-electron chi connectivity index (χ0n) is 7.43. The molecule has 0 atom stereocenters. The van der Waals surface area contributed by atoms with E-state index in [4.69, 9.17) is 4.79 Å². The van der Waals surface area contributed by atoms with E-state index in [2.05, 4.69) is 0 Å². The van der Waals surface area contributed by atoms with Crippen LogP contribution >= 0.6 is 0 Å². The Labute approximate surface area is 72.2 Å². The minimum Gasteiger partial charge on any atom is -0.307 e. The van der Waals surface area contributed by atoms with Crippen molar-refractivity contribution < 1.29 is 9.18 Å². The van der Waals surface area contributed by atoms with Crippen molar-refractivity contribution in [2.45, 2.75) is 20.3 Å². The summed E-state index contributed by atoms with van der Waals surface area (Å²) in [5.41, 5.74) is 1.88. The van der Waals surface area contributed by atoms with Gasteiger partial charge in [-0.05, 0) is 30.5 Å². The monoisotopic (exact) mass is 168 g/mol. The number of carbonyl (C=O) groups excluding carboxylic acids is 1. The van der Waals surface area contributed by atoms with Gasteiger partial charge in [0.2, 0.25) is 0 Å². The zero-order valence-corrected chi connectivity index (χ0v) is 7.43. The third kappa shape index (κ3) is 2.46. The van der Waals surface area contributed by atoms with Crippen molar-refractivity contribution >= 4 is 6.79 Å². The van der Waals surface area contributed by atoms with E-state index in [-0.39, 0.29) is 5.82 Å². The fourth-order valence-corrected chi connectivity index (χ4v) is 1.11. The van der Waals surface area contributed by atoms with Crippen LogP contribution in [0, 0.1) is 12.7 Å². The molecule has 0 aliphatic heterocycles. The molecule has 0 saturated heterocycles. The number of hydrogen-bond donors (Lipinski definition) is 0. The molecule has 1 aromatic rings. The topological polar surface area (TPSA) is 17.1 Å². The molecule has 0 radical (unpaired) electrons. The number of rotatable bonds is 1. The highest BCUT2D eigenvalue weighted by Crippen LogP contribution is 2.12. The normalized spacial score (nSPS) is 8.58. The average molecular weight is 168 g/mol. The summed E-state index contributed by atoms with van der Waals surface area (Å²) >= 11 is 0. The molecule has 0 aliphatic carbocycles. The average Bonchev–Trinajstić information content (AvgIpc) is 2.08. The summed E-state index contributed by atoms with van der Waals surface area (Å²) in [6, 6.07) is 5.18. The second-order valence-electron chi connectivity index (χ2n) is 2.39. The molecule has 12 heavy (non-hydrogen) atoms. The molecule has 0 aromatic heterocycles. The molecule has 0 unspecified atom stereocenters. The smallest absolute Gasteiger partial charge is 0.126 e. The van der Waals surface area contributed by atoms with Crippen LogP contribution in [0.1, 0.15) is 18.1 Å². The van der Waals surface area contributed by atoms with Gasteiger partial charge < -0.3 is 4.79 Å². The summed E-state index contributed by atoms with van der Waals surface area (Å²) in [5.74, 6) is -0.0810. The third-order valence-corrected chi connectivity index (χ3v) is 1.71. The van der Waals surface area contributed by atoms with Crippen LogP contribution in [0.4, 0.5) is 4.39 Å². The molecule has 0 spiro atoms. The van der Waals surface area contributed by atoms with Crippen LogP contribution in [-0.4, -0.2) is 6.79 Å². The van der Waals surface area contributed by atoms with E-state index in [9.17, 15) is 4.39 Å². The van der Waals surface area contributed by atoms with Gasteiger partial charge in [0.05, 0.1) is 0 Å². The third-order valence-electron chi connectivity index (χ3n) is 1.71. The van der Waals surface area contributed by atoms with E-state index in [1.54, 1.807) is 6.07 Å². The molecule has 0 fully saturated rings. The maximum Gasteiger partial charge on any atom is 0.126 e. The van der Waals surface area contributed by atoms with Crippen LogP contribution in [0.15, 0.2) is 18.2 Å². The molecular formula is C10H13FO. The van der Waals surface area contributed by atoms with Crippen molar-refractivity contribution in [1.29, 1.82) is 0 Å². The predicted molar refractivity (Wildman–Crippen MR) is 47.6 cm³/mol. The Balaban J connectivity index is 0.000000561. The number of halogens is 1. The molecule has 1 nitrogen and oxygen atoms in total. The standard InChI is InChI=1S/C9H11F.CH2O/c1-3-8-7(2)5-4-6-9(8)10;1-2/h4-6H,3H2,1-2H3;1H2. The van der Waals surface area contributed by atoms with Gasteiger partial charge in [0.1, 0.15) is 12.6 Å². The molecule has 0 saturated carbocycles. The van der Waals surface area contributed by atoms with Gasteiger partial charge in [-0.1, -0.05) is 19.1 Å². The first-order valence-corrected chi connectivity index (χ1v) is 3.78. The number of benzene rings is 1. The van der Waals surface area contributed by atoms with Crippen LogP contribution in [0.2, 0.25) is 0 Å². The summed E-state index contributed by atoms with van der Waals surface area (Å²) in [5, 5.41) is 0. The fraction of sp³-hybridized carbons (Fsp3) is 0.300. The Morgan fingerprint density at radius 2 is 2.00 bits per heavy atom. The molecule has 0 heterocycles.